The van der Waals surface area contributed by atoms with E-state index in [0.717, 1.165) is 24.5 Å². The van der Waals surface area contributed by atoms with Crippen molar-refractivity contribution in [1.82, 2.24) is 5.32 Å². The van der Waals surface area contributed by atoms with E-state index in [2.05, 4.69) is 86.2 Å². The van der Waals surface area contributed by atoms with Gasteiger partial charge in [-0.25, -0.2) is 4.99 Å². The Hall–Kier alpha value is -3.54. The highest BCUT2D eigenvalue weighted by molar-refractivity contribution is 6.23. The first-order valence-corrected chi connectivity index (χ1v) is 12.5. The maximum absolute atomic E-state index is 12.8. The van der Waals surface area contributed by atoms with Crippen molar-refractivity contribution in [2.24, 2.45) is 4.99 Å². The number of allylic oxidation sites excluding steroid dienone is 2. The molecule has 0 amide bonds. The van der Waals surface area contributed by atoms with Gasteiger partial charge in [-0.15, -0.1) is 0 Å². The lowest BCUT2D eigenvalue weighted by atomic mass is 10.0. The van der Waals surface area contributed by atoms with Crippen LogP contribution in [0.15, 0.2) is 77.1 Å². The molecule has 0 spiro atoms. The van der Waals surface area contributed by atoms with Crippen LogP contribution in [0.5, 0.6) is 0 Å². The standard InChI is InChI=1S/C29H39N5O/c1-8-33(20(3)4)24-14-10-22(11-15-24)31-27-18-28(29(35)19-26(27)30-7)32-23-12-16-25(17-13-23)34(9-2)21(5)6/h10-21,30,32H,8-9H2,1-7H3/b31-27-. The van der Waals surface area contributed by atoms with E-state index in [9.17, 15) is 4.79 Å². The molecule has 0 fully saturated rings. The summed E-state index contributed by atoms with van der Waals surface area (Å²) in [4.78, 5) is 22.3. The van der Waals surface area contributed by atoms with Gasteiger partial charge < -0.3 is 20.4 Å². The topological polar surface area (TPSA) is 60.0 Å². The molecule has 35 heavy (non-hydrogen) atoms. The summed E-state index contributed by atoms with van der Waals surface area (Å²) in [5.41, 5.74) is 5.97. The fraction of sp³-hybridized carbons (Fsp3) is 0.379. The van der Waals surface area contributed by atoms with Gasteiger partial charge in [-0.05, 0) is 96.1 Å². The molecule has 0 bridgehead atoms. The molecule has 6 heteroatoms. The zero-order valence-corrected chi connectivity index (χ0v) is 22.1. The average Bonchev–Trinajstić information content (AvgIpc) is 2.83. The number of benzene rings is 2. The molecule has 186 valence electrons. The van der Waals surface area contributed by atoms with Gasteiger partial charge in [-0.2, -0.15) is 0 Å². The summed E-state index contributed by atoms with van der Waals surface area (Å²) in [5.74, 6) is -0.0828. The fourth-order valence-electron chi connectivity index (χ4n) is 4.40. The molecule has 1 aliphatic carbocycles. The smallest absolute Gasteiger partial charge is 0.204 e. The lowest BCUT2D eigenvalue weighted by Gasteiger charge is -2.27. The van der Waals surface area contributed by atoms with Crippen molar-refractivity contribution >= 4 is 34.2 Å². The van der Waals surface area contributed by atoms with Gasteiger partial charge in [0.05, 0.1) is 22.8 Å². The molecule has 2 N–H and O–H groups in total. The van der Waals surface area contributed by atoms with Gasteiger partial charge >= 0.3 is 0 Å². The third kappa shape index (κ3) is 6.32. The van der Waals surface area contributed by atoms with Crippen molar-refractivity contribution in [2.45, 2.75) is 53.6 Å². The molecule has 0 saturated carbocycles. The van der Waals surface area contributed by atoms with E-state index in [-0.39, 0.29) is 5.78 Å². The summed E-state index contributed by atoms with van der Waals surface area (Å²) in [7, 11) is 1.80. The first-order chi connectivity index (χ1) is 16.8. The van der Waals surface area contributed by atoms with E-state index in [1.807, 2.05) is 30.3 Å². The highest BCUT2D eigenvalue weighted by Crippen LogP contribution is 2.25. The Bertz CT molecular complexity index is 1090. The number of nitrogens with one attached hydrogen (secondary N) is 2. The molecule has 2 aromatic carbocycles. The van der Waals surface area contributed by atoms with Gasteiger partial charge in [0.25, 0.3) is 0 Å². The van der Waals surface area contributed by atoms with Crippen LogP contribution in [0.3, 0.4) is 0 Å². The number of aliphatic imine (C=N–C) groups is 1. The minimum absolute atomic E-state index is 0.0828. The minimum atomic E-state index is -0.0828. The molecule has 0 unspecified atom stereocenters. The zero-order chi connectivity index (χ0) is 25.5. The predicted octanol–water partition coefficient (Wildman–Crippen LogP) is 5.91. The average molecular weight is 474 g/mol. The van der Waals surface area contributed by atoms with Crippen LogP contribution < -0.4 is 20.4 Å². The highest BCUT2D eigenvalue weighted by atomic mass is 16.1. The van der Waals surface area contributed by atoms with Crippen molar-refractivity contribution in [3.63, 3.8) is 0 Å². The maximum atomic E-state index is 12.8. The lowest BCUT2D eigenvalue weighted by molar-refractivity contribution is -0.111. The SMILES string of the molecule is CCN(c1ccc(/N=C2/C=C(Nc3ccc(N(CC)C(C)C)cc3)C(=O)C=C2NC)cc1)C(C)C. The Morgan fingerprint density at radius 2 is 1.29 bits per heavy atom. The third-order valence-corrected chi connectivity index (χ3v) is 6.20. The predicted molar refractivity (Wildman–Crippen MR) is 150 cm³/mol. The summed E-state index contributed by atoms with van der Waals surface area (Å²) in [6.07, 6.45) is 3.41. The second kappa shape index (κ2) is 11.7. The van der Waals surface area contributed by atoms with Crippen molar-refractivity contribution in [1.29, 1.82) is 0 Å². The van der Waals surface area contributed by atoms with E-state index in [1.54, 1.807) is 13.1 Å². The van der Waals surface area contributed by atoms with Crippen LogP contribution in [0, 0.1) is 0 Å². The Morgan fingerprint density at radius 3 is 1.74 bits per heavy atom. The van der Waals surface area contributed by atoms with E-state index in [4.69, 9.17) is 4.99 Å². The van der Waals surface area contributed by atoms with Crippen molar-refractivity contribution < 1.29 is 4.79 Å². The van der Waals surface area contributed by atoms with Gasteiger partial charge in [0, 0.05) is 55.4 Å². The zero-order valence-electron chi connectivity index (χ0n) is 22.1. The Labute approximate surface area is 210 Å². The Balaban J connectivity index is 1.84. The highest BCUT2D eigenvalue weighted by Gasteiger charge is 2.19. The summed E-state index contributed by atoms with van der Waals surface area (Å²) in [6.45, 7) is 15.0. The number of carbonyl (C=O) groups excluding carboxylic acids is 1. The molecule has 0 aliphatic heterocycles. The van der Waals surface area contributed by atoms with Crippen molar-refractivity contribution in [3.8, 4) is 0 Å². The first kappa shape index (κ1) is 26.1. The fourth-order valence-corrected chi connectivity index (χ4v) is 4.40. The molecular formula is C29H39N5O. The first-order valence-electron chi connectivity index (χ1n) is 12.5. The Morgan fingerprint density at radius 1 is 0.771 bits per heavy atom. The van der Waals surface area contributed by atoms with Gasteiger partial charge in [0.15, 0.2) is 0 Å². The maximum Gasteiger partial charge on any atom is 0.204 e. The summed E-state index contributed by atoms with van der Waals surface area (Å²) in [5, 5.41) is 6.38. The van der Waals surface area contributed by atoms with Gasteiger partial charge in [-0.1, -0.05) is 0 Å². The number of carbonyl (C=O) groups is 1. The molecule has 0 radical (unpaired) electrons. The number of hydrogen-bond acceptors (Lipinski definition) is 6. The number of ketones is 1. The molecule has 6 nitrogen and oxygen atoms in total. The molecule has 2 aromatic rings. The van der Waals surface area contributed by atoms with Crippen LogP contribution >= 0.6 is 0 Å². The molecule has 0 aromatic heterocycles. The summed E-state index contributed by atoms with van der Waals surface area (Å²) >= 11 is 0. The molecule has 0 heterocycles. The second-order valence-electron chi connectivity index (χ2n) is 9.18. The summed E-state index contributed by atoms with van der Waals surface area (Å²) in [6, 6.07) is 17.3. The van der Waals surface area contributed by atoms with Gasteiger partial charge in [0.2, 0.25) is 5.78 Å². The van der Waals surface area contributed by atoms with Crippen LogP contribution in [-0.4, -0.2) is 43.7 Å². The monoisotopic (exact) mass is 473 g/mol. The number of hydrogen-bond donors (Lipinski definition) is 2. The molecule has 3 rings (SSSR count). The van der Waals surface area contributed by atoms with E-state index < -0.39 is 0 Å². The molecular weight excluding hydrogens is 434 g/mol. The van der Waals surface area contributed by atoms with Crippen molar-refractivity contribution in [2.75, 3.05) is 35.3 Å². The van der Waals surface area contributed by atoms with E-state index >= 15 is 0 Å². The normalized spacial score (nSPS) is 14.8. The minimum Gasteiger partial charge on any atom is -0.386 e. The van der Waals surface area contributed by atoms with Crippen LogP contribution in [0.25, 0.3) is 0 Å². The van der Waals surface area contributed by atoms with E-state index in [0.29, 0.717) is 29.2 Å². The van der Waals surface area contributed by atoms with Gasteiger partial charge in [0.1, 0.15) is 0 Å². The van der Waals surface area contributed by atoms with Crippen LogP contribution in [0.2, 0.25) is 0 Å². The number of anilines is 3. The van der Waals surface area contributed by atoms with Crippen LogP contribution in [-0.2, 0) is 4.79 Å². The Kier molecular flexibility index (Phi) is 8.74. The largest absolute Gasteiger partial charge is 0.386 e. The lowest BCUT2D eigenvalue weighted by Crippen LogP contribution is -2.30. The van der Waals surface area contributed by atoms with Crippen LogP contribution in [0.1, 0.15) is 41.5 Å². The van der Waals surface area contributed by atoms with E-state index in [1.165, 1.54) is 11.4 Å². The summed E-state index contributed by atoms with van der Waals surface area (Å²) < 4.78 is 0. The number of rotatable bonds is 10. The second-order valence-corrected chi connectivity index (χ2v) is 9.18. The van der Waals surface area contributed by atoms with Crippen LogP contribution in [0.4, 0.5) is 22.7 Å². The molecule has 0 atom stereocenters. The molecule has 0 saturated heterocycles. The number of nitrogens with zero attached hydrogens (tertiary/aromatic N) is 3. The molecule has 1 aliphatic rings. The quantitative estimate of drug-likeness (QED) is 0.420. The van der Waals surface area contributed by atoms with Crippen molar-refractivity contribution in [3.05, 3.63) is 72.1 Å². The van der Waals surface area contributed by atoms with Gasteiger partial charge in [-0.3, -0.25) is 4.79 Å². The third-order valence-electron chi connectivity index (χ3n) is 6.20.